The number of nitrogens with zero attached hydrogens (tertiary/aromatic N) is 2. The van der Waals surface area contributed by atoms with E-state index in [1.165, 1.54) is 17.2 Å². The number of hydrogen-bond donors (Lipinski definition) is 0. The van der Waals surface area contributed by atoms with Crippen molar-refractivity contribution in [3.63, 3.8) is 0 Å². The molecule has 0 saturated heterocycles. The lowest BCUT2D eigenvalue weighted by molar-refractivity contribution is 0.631. The molecule has 0 aliphatic rings. The third kappa shape index (κ3) is 5.96. The van der Waals surface area contributed by atoms with Gasteiger partial charge in [-0.1, -0.05) is 87.4 Å². The molecule has 3 aromatic carbocycles. The van der Waals surface area contributed by atoms with Crippen molar-refractivity contribution in [2.45, 2.75) is 46.0 Å². The Morgan fingerprint density at radius 2 is 1.57 bits per heavy atom. The van der Waals surface area contributed by atoms with Crippen LogP contribution in [-0.4, -0.2) is 12.4 Å². The van der Waals surface area contributed by atoms with Crippen LogP contribution in [0.3, 0.4) is 0 Å². The minimum atomic E-state index is -0.254. The second-order valence-electron chi connectivity index (χ2n) is 7.48. The number of unbranched alkanes of at least 4 members (excludes halogenated alkanes) is 1. The Bertz CT molecular complexity index is 1000. The molecule has 0 spiro atoms. The van der Waals surface area contributed by atoms with Crippen LogP contribution in [0.1, 0.15) is 55.4 Å². The monoisotopic (exact) mass is 400 g/mol. The fourth-order valence-electron chi connectivity index (χ4n) is 3.44. The Morgan fingerprint density at radius 3 is 2.30 bits per heavy atom. The Labute approximate surface area is 179 Å². The molecule has 0 atom stereocenters. The van der Waals surface area contributed by atoms with E-state index in [1.807, 2.05) is 36.4 Å². The lowest BCUT2D eigenvalue weighted by Gasteiger charge is -2.06. The van der Waals surface area contributed by atoms with Gasteiger partial charge in [0.15, 0.2) is 0 Å². The predicted molar refractivity (Wildman–Crippen MR) is 126 cm³/mol. The first-order valence-corrected chi connectivity index (χ1v) is 10.7. The van der Waals surface area contributed by atoms with Gasteiger partial charge >= 0.3 is 0 Å². The van der Waals surface area contributed by atoms with Crippen molar-refractivity contribution in [3.05, 3.63) is 94.8 Å². The summed E-state index contributed by atoms with van der Waals surface area (Å²) in [5, 5.41) is 8.28. The van der Waals surface area contributed by atoms with E-state index in [0.717, 1.165) is 43.2 Å². The minimum Gasteiger partial charge on any atom is -0.206 e. The second-order valence-corrected chi connectivity index (χ2v) is 7.48. The molecule has 30 heavy (non-hydrogen) atoms. The van der Waals surface area contributed by atoms with Gasteiger partial charge in [0.05, 0.1) is 12.4 Å². The van der Waals surface area contributed by atoms with Gasteiger partial charge in [-0.25, -0.2) is 4.39 Å². The lowest BCUT2D eigenvalue weighted by atomic mass is 10.0. The van der Waals surface area contributed by atoms with E-state index in [2.05, 4.69) is 42.2 Å². The summed E-state index contributed by atoms with van der Waals surface area (Å²) in [5.74, 6) is -0.254. The third-order valence-electron chi connectivity index (χ3n) is 5.12. The topological polar surface area (TPSA) is 24.7 Å². The maximum absolute atomic E-state index is 14.6. The van der Waals surface area contributed by atoms with Crippen LogP contribution in [0.2, 0.25) is 0 Å². The molecule has 3 aromatic rings. The molecule has 0 N–H and O–H groups in total. The van der Waals surface area contributed by atoms with Crippen LogP contribution in [0.5, 0.6) is 0 Å². The Balaban J connectivity index is 1.68. The van der Waals surface area contributed by atoms with Crippen molar-refractivity contribution in [1.82, 2.24) is 0 Å². The Morgan fingerprint density at radius 1 is 0.800 bits per heavy atom. The molecule has 0 saturated carbocycles. The molecule has 3 heteroatoms. The van der Waals surface area contributed by atoms with Crippen molar-refractivity contribution >= 4 is 12.4 Å². The highest BCUT2D eigenvalue weighted by Crippen LogP contribution is 2.24. The molecule has 0 radical (unpaired) electrons. The summed E-state index contributed by atoms with van der Waals surface area (Å²) in [6.07, 6.45) is 8.85. The van der Waals surface area contributed by atoms with E-state index in [4.69, 9.17) is 0 Å². The van der Waals surface area contributed by atoms with Crippen molar-refractivity contribution < 1.29 is 4.39 Å². The van der Waals surface area contributed by atoms with E-state index in [1.54, 1.807) is 18.5 Å². The van der Waals surface area contributed by atoms with Crippen LogP contribution in [0.15, 0.2) is 76.9 Å². The first-order valence-electron chi connectivity index (χ1n) is 10.7. The van der Waals surface area contributed by atoms with Gasteiger partial charge < -0.3 is 0 Å². The Kier molecular flexibility index (Phi) is 8.08. The number of benzene rings is 3. The second kappa shape index (κ2) is 11.2. The Hall–Kier alpha value is -3.07. The average molecular weight is 401 g/mol. The van der Waals surface area contributed by atoms with Crippen molar-refractivity contribution in [2.75, 3.05) is 0 Å². The van der Waals surface area contributed by atoms with E-state index in [9.17, 15) is 4.39 Å². The van der Waals surface area contributed by atoms with Crippen LogP contribution in [0.4, 0.5) is 4.39 Å². The predicted octanol–water partition coefficient (Wildman–Crippen LogP) is 7.24. The molecule has 0 aromatic heterocycles. The fourth-order valence-corrected chi connectivity index (χ4v) is 3.44. The summed E-state index contributed by atoms with van der Waals surface area (Å²) >= 11 is 0. The van der Waals surface area contributed by atoms with Crippen LogP contribution in [0.25, 0.3) is 11.1 Å². The number of rotatable bonds is 9. The zero-order valence-corrected chi connectivity index (χ0v) is 17.8. The highest BCUT2D eigenvalue weighted by atomic mass is 19.1. The molecule has 0 fully saturated rings. The molecule has 3 rings (SSSR count). The standard InChI is InChI=1S/C27H29FN2/c1-3-5-9-23-10-6-7-11-25(23)20-30-29-19-22-14-17-26(27(28)18-22)24-15-12-21(8-4-2)13-16-24/h6-7,10-20H,3-5,8-9H2,1-2H3. The molecule has 0 amide bonds. The van der Waals surface area contributed by atoms with Crippen molar-refractivity contribution in [3.8, 4) is 11.1 Å². The zero-order valence-electron chi connectivity index (χ0n) is 17.8. The summed E-state index contributed by atoms with van der Waals surface area (Å²) in [6, 6.07) is 21.5. The number of hydrogen-bond acceptors (Lipinski definition) is 2. The van der Waals surface area contributed by atoms with Gasteiger partial charge in [-0.15, -0.1) is 0 Å². The first kappa shape index (κ1) is 21.6. The van der Waals surface area contributed by atoms with Gasteiger partial charge in [0, 0.05) is 5.56 Å². The van der Waals surface area contributed by atoms with Gasteiger partial charge in [-0.05, 0) is 53.1 Å². The summed E-state index contributed by atoms with van der Waals surface area (Å²) in [6.45, 7) is 4.34. The van der Waals surface area contributed by atoms with E-state index in [0.29, 0.717) is 11.1 Å². The van der Waals surface area contributed by atoms with Crippen molar-refractivity contribution in [1.29, 1.82) is 0 Å². The summed E-state index contributed by atoms with van der Waals surface area (Å²) in [7, 11) is 0. The van der Waals surface area contributed by atoms with Crippen LogP contribution < -0.4 is 0 Å². The van der Waals surface area contributed by atoms with Crippen LogP contribution >= 0.6 is 0 Å². The van der Waals surface area contributed by atoms with E-state index >= 15 is 0 Å². The summed E-state index contributed by atoms with van der Waals surface area (Å²) in [4.78, 5) is 0. The highest BCUT2D eigenvalue weighted by molar-refractivity contribution is 5.84. The normalized spacial score (nSPS) is 11.6. The lowest BCUT2D eigenvalue weighted by Crippen LogP contribution is -1.92. The van der Waals surface area contributed by atoms with Gasteiger partial charge in [0.1, 0.15) is 5.82 Å². The number of halogens is 1. The molecule has 154 valence electrons. The van der Waals surface area contributed by atoms with Gasteiger partial charge in [0.25, 0.3) is 0 Å². The average Bonchev–Trinajstić information content (AvgIpc) is 2.77. The van der Waals surface area contributed by atoms with E-state index < -0.39 is 0 Å². The van der Waals surface area contributed by atoms with Gasteiger partial charge in [0.2, 0.25) is 0 Å². The summed E-state index contributed by atoms with van der Waals surface area (Å²) in [5.41, 5.74) is 5.81. The molecule has 0 bridgehead atoms. The first-order chi connectivity index (χ1) is 14.7. The molecule has 2 nitrogen and oxygen atoms in total. The molecule has 0 unspecified atom stereocenters. The van der Waals surface area contributed by atoms with Gasteiger partial charge in [-0.2, -0.15) is 10.2 Å². The summed E-state index contributed by atoms with van der Waals surface area (Å²) < 4.78 is 14.6. The molecular weight excluding hydrogens is 371 g/mol. The maximum atomic E-state index is 14.6. The SMILES string of the molecule is CCCCc1ccccc1C=NN=Cc1ccc(-c2ccc(CCC)cc2)c(F)c1. The van der Waals surface area contributed by atoms with Crippen molar-refractivity contribution in [2.24, 2.45) is 10.2 Å². The zero-order chi connectivity index (χ0) is 21.2. The van der Waals surface area contributed by atoms with E-state index in [-0.39, 0.29) is 5.82 Å². The fraction of sp³-hybridized carbons (Fsp3) is 0.259. The third-order valence-corrected chi connectivity index (χ3v) is 5.12. The number of aryl methyl sites for hydroxylation is 2. The molecule has 0 aliphatic carbocycles. The largest absolute Gasteiger partial charge is 0.206 e. The van der Waals surface area contributed by atoms with Crippen LogP contribution in [-0.2, 0) is 12.8 Å². The smallest absolute Gasteiger partial charge is 0.131 e. The quantitative estimate of drug-likeness (QED) is 0.267. The maximum Gasteiger partial charge on any atom is 0.131 e. The van der Waals surface area contributed by atoms with Crippen LogP contribution in [0, 0.1) is 5.82 Å². The molecule has 0 heterocycles. The van der Waals surface area contributed by atoms with Gasteiger partial charge in [-0.3, -0.25) is 0 Å². The molecular formula is C27H29FN2. The minimum absolute atomic E-state index is 0.254. The highest BCUT2D eigenvalue weighted by Gasteiger charge is 2.06. The molecule has 0 aliphatic heterocycles.